The molecule has 146 valence electrons. The van der Waals surface area contributed by atoms with Crippen LogP contribution < -0.4 is 0 Å². The first-order chi connectivity index (χ1) is 12.0. The molecule has 0 amide bonds. The van der Waals surface area contributed by atoms with Crippen molar-refractivity contribution in [2.24, 2.45) is 11.8 Å². The lowest BCUT2D eigenvalue weighted by Gasteiger charge is -2.22. The highest BCUT2D eigenvalue weighted by Gasteiger charge is 2.40. The Morgan fingerprint density at radius 1 is 1.08 bits per heavy atom. The SMILES string of the molecule is CCCCC[C@H](O)CC[C@H]1[C@H](O)CC(=O)[C@@H]1CCCCCCC(=O)O. The fraction of sp³-hybridized carbons (Fsp3) is 0.900. The van der Waals surface area contributed by atoms with Crippen LogP contribution in [-0.4, -0.2) is 39.3 Å². The van der Waals surface area contributed by atoms with Gasteiger partial charge in [0.1, 0.15) is 5.78 Å². The second-order valence-electron chi connectivity index (χ2n) is 7.58. The van der Waals surface area contributed by atoms with Crippen LogP contribution in [0.2, 0.25) is 0 Å². The number of carboxylic acids is 1. The van der Waals surface area contributed by atoms with Crippen LogP contribution in [0.5, 0.6) is 0 Å². The summed E-state index contributed by atoms with van der Waals surface area (Å²) in [5.41, 5.74) is 0. The van der Waals surface area contributed by atoms with Crippen LogP contribution in [0.25, 0.3) is 0 Å². The molecule has 5 heteroatoms. The first kappa shape index (κ1) is 22.1. The molecule has 0 unspecified atom stereocenters. The second kappa shape index (κ2) is 12.4. The van der Waals surface area contributed by atoms with Gasteiger partial charge in [0.25, 0.3) is 0 Å². The Morgan fingerprint density at radius 3 is 2.48 bits per heavy atom. The van der Waals surface area contributed by atoms with Crippen molar-refractivity contribution in [2.75, 3.05) is 0 Å². The standard InChI is InChI=1S/C20H36O5/c1-2-3-6-9-15(21)12-13-17-16(18(22)14-19(17)23)10-7-4-5-8-11-20(24)25/h15-17,19,21,23H,2-14H2,1H3,(H,24,25)/t15-,16+,17+,19+/m0/s1. The van der Waals surface area contributed by atoms with Crippen molar-refractivity contribution >= 4 is 11.8 Å². The molecular weight excluding hydrogens is 320 g/mol. The number of carbonyl (C=O) groups excluding carboxylic acids is 1. The molecule has 4 atom stereocenters. The van der Waals surface area contributed by atoms with Gasteiger partial charge in [-0.05, 0) is 38.0 Å². The topological polar surface area (TPSA) is 94.8 Å². The first-order valence-corrected chi connectivity index (χ1v) is 10.1. The molecule has 0 spiro atoms. The van der Waals surface area contributed by atoms with E-state index in [9.17, 15) is 19.8 Å². The van der Waals surface area contributed by atoms with E-state index in [1.54, 1.807) is 0 Å². The smallest absolute Gasteiger partial charge is 0.303 e. The summed E-state index contributed by atoms with van der Waals surface area (Å²) >= 11 is 0. The lowest BCUT2D eigenvalue weighted by Crippen LogP contribution is -2.22. The highest BCUT2D eigenvalue weighted by atomic mass is 16.4. The number of hydrogen-bond acceptors (Lipinski definition) is 4. The fourth-order valence-corrected chi connectivity index (χ4v) is 3.94. The number of rotatable bonds is 14. The molecule has 1 saturated carbocycles. The Kier molecular flexibility index (Phi) is 11.0. The summed E-state index contributed by atoms with van der Waals surface area (Å²) in [5, 5.41) is 28.9. The Labute approximate surface area is 151 Å². The van der Waals surface area contributed by atoms with Gasteiger partial charge in [-0.3, -0.25) is 9.59 Å². The molecule has 0 aromatic rings. The summed E-state index contributed by atoms with van der Waals surface area (Å²) in [6.07, 6.45) is 9.21. The number of hydrogen-bond donors (Lipinski definition) is 3. The molecule has 1 rings (SSSR count). The van der Waals surface area contributed by atoms with Crippen molar-refractivity contribution in [3.05, 3.63) is 0 Å². The monoisotopic (exact) mass is 356 g/mol. The summed E-state index contributed by atoms with van der Waals surface area (Å²) in [6.45, 7) is 2.14. The van der Waals surface area contributed by atoms with Gasteiger partial charge in [0.05, 0.1) is 12.2 Å². The van der Waals surface area contributed by atoms with Gasteiger partial charge in [0.2, 0.25) is 0 Å². The lowest BCUT2D eigenvalue weighted by atomic mass is 9.85. The summed E-state index contributed by atoms with van der Waals surface area (Å²) in [7, 11) is 0. The summed E-state index contributed by atoms with van der Waals surface area (Å²) in [5.74, 6) is -0.708. The maximum absolute atomic E-state index is 12.2. The first-order valence-electron chi connectivity index (χ1n) is 10.1. The Bertz CT molecular complexity index is 396. The fourth-order valence-electron chi connectivity index (χ4n) is 3.94. The van der Waals surface area contributed by atoms with E-state index in [0.29, 0.717) is 19.3 Å². The van der Waals surface area contributed by atoms with Crippen LogP contribution in [0.3, 0.4) is 0 Å². The number of ketones is 1. The van der Waals surface area contributed by atoms with Gasteiger partial charge in [0.15, 0.2) is 0 Å². The third kappa shape index (κ3) is 8.82. The zero-order chi connectivity index (χ0) is 18.7. The minimum atomic E-state index is -0.758. The largest absolute Gasteiger partial charge is 0.481 e. The molecule has 0 heterocycles. The molecule has 0 aliphatic heterocycles. The van der Waals surface area contributed by atoms with Gasteiger partial charge in [-0.2, -0.15) is 0 Å². The van der Waals surface area contributed by atoms with Gasteiger partial charge in [-0.15, -0.1) is 0 Å². The molecule has 0 bridgehead atoms. The lowest BCUT2D eigenvalue weighted by molar-refractivity contribution is -0.137. The van der Waals surface area contributed by atoms with E-state index in [1.165, 1.54) is 0 Å². The van der Waals surface area contributed by atoms with Crippen LogP contribution in [0.15, 0.2) is 0 Å². The average molecular weight is 357 g/mol. The number of unbranched alkanes of at least 4 members (excludes halogenated alkanes) is 5. The summed E-state index contributed by atoms with van der Waals surface area (Å²) in [4.78, 5) is 22.6. The quantitative estimate of drug-likeness (QED) is 0.413. The number of aliphatic hydroxyl groups is 2. The molecule has 1 aliphatic carbocycles. The number of carboxylic acid groups (broad SMARTS) is 1. The minimum Gasteiger partial charge on any atom is -0.481 e. The van der Waals surface area contributed by atoms with E-state index in [1.807, 2.05) is 0 Å². The number of Topliss-reactive ketones (excluding diaryl/α,β-unsaturated/α-hetero) is 1. The maximum atomic E-state index is 12.2. The molecule has 0 aromatic carbocycles. The van der Waals surface area contributed by atoms with E-state index in [4.69, 9.17) is 5.11 Å². The third-order valence-corrected chi connectivity index (χ3v) is 5.46. The van der Waals surface area contributed by atoms with Crippen molar-refractivity contribution in [3.8, 4) is 0 Å². The van der Waals surface area contributed by atoms with Crippen LogP contribution >= 0.6 is 0 Å². The average Bonchev–Trinajstić information content (AvgIpc) is 2.82. The maximum Gasteiger partial charge on any atom is 0.303 e. The van der Waals surface area contributed by atoms with Gasteiger partial charge >= 0.3 is 5.97 Å². The zero-order valence-corrected chi connectivity index (χ0v) is 15.7. The number of aliphatic carboxylic acids is 1. The van der Waals surface area contributed by atoms with E-state index in [0.717, 1.165) is 51.4 Å². The molecule has 3 N–H and O–H groups in total. The van der Waals surface area contributed by atoms with Gasteiger partial charge in [0, 0.05) is 18.8 Å². The Balaban J connectivity index is 2.30. The summed E-state index contributed by atoms with van der Waals surface area (Å²) < 4.78 is 0. The Morgan fingerprint density at radius 2 is 1.80 bits per heavy atom. The highest BCUT2D eigenvalue weighted by molar-refractivity contribution is 5.84. The van der Waals surface area contributed by atoms with E-state index >= 15 is 0 Å². The van der Waals surface area contributed by atoms with Crippen molar-refractivity contribution in [2.45, 2.75) is 103 Å². The van der Waals surface area contributed by atoms with Crippen molar-refractivity contribution in [1.29, 1.82) is 0 Å². The predicted molar refractivity (Wildman–Crippen MR) is 97.3 cm³/mol. The molecular formula is C20H36O5. The van der Waals surface area contributed by atoms with Crippen LogP contribution in [-0.2, 0) is 9.59 Å². The number of aliphatic hydroxyl groups excluding tert-OH is 2. The molecule has 0 saturated heterocycles. The van der Waals surface area contributed by atoms with Gasteiger partial charge in [-0.25, -0.2) is 0 Å². The van der Waals surface area contributed by atoms with Crippen molar-refractivity contribution in [3.63, 3.8) is 0 Å². The van der Waals surface area contributed by atoms with Gasteiger partial charge < -0.3 is 15.3 Å². The Hall–Kier alpha value is -0.940. The minimum absolute atomic E-state index is 0.0210. The van der Waals surface area contributed by atoms with Crippen molar-refractivity contribution in [1.82, 2.24) is 0 Å². The molecule has 25 heavy (non-hydrogen) atoms. The second-order valence-corrected chi connectivity index (χ2v) is 7.58. The van der Waals surface area contributed by atoms with Crippen LogP contribution in [0.4, 0.5) is 0 Å². The van der Waals surface area contributed by atoms with E-state index < -0.39 is 12.1 Å². The van der Waals surface area contributed by atoms with Crippen molar-refractivity contribution < 1.29 is 24.9 Å². The highest BCUT2D eigenvalue weighted by Crippen LogP contribution is 2.36. The summed E-state index contributed by atoms with van der Waals surface area (Å²) in [6, 6.07) is 0. The van der Waals surface area contributed by atoms with E-state index in [-0.39, 0.29) is 36.6 Å². The third-order valence-electron chi connectivity index (χ3n) is 5.46. The molecule has 1 aliphatic rings. The van der Waals surface area contributed by atoms with E-state index in [2.05, 4.69) is 6.92 Å². The van der Waals surface area contributed by atoms with Gasteiger partial charge in [-0.1, -0.05) is 45.4 Å². The molecule has 5 nitrogen and oxygen atoms in total. The normalized spacial score (nSPS) is 24.6. The predicted octanol–water partition coefficient (Wildman–Crippen LogP) is 3.70. The molecule has 0 radical (unpaired) electrons. The number of carbonyl (C=O) groups is 2. The van der Waals surface area contributed by atoms with Crippen LogP contribution in [0.1, 0.15) is 90.4 Å². The zero-order valence-electron chi connectivity index (χ0n) is 15.7. The molecule has 0 aromatic heterocycles. The van der Waals surface area contributed by atoms with Crippen LogP contribution in [0, 0.1) is 11.8 Å². The molecule has 1 fully saturated rings.